The molecule has 0 radical (unpaired) electrons. The van der Waals surface area contributed by atoms with Gasteiger partial charge in [0.25, 0.3) is 5.88 Å². The number of carbonyl (C=O) groups is 1. The van der Waals surface area contributed by atoms with E-state index in [0.717, 1.165) is 0 Å². The van der Waals surface area contributed by atoms with Crippen LogP contribution in [0.2, 0.25) is 0 Å². The zero-order chi connectivity index (χ0) is 9.68. The molecule has 0 aliphatic heterocycles. The molecule has 13 heavy (non-hydrogen) atoms. The smallest absolute Gasteiger partial charge is 0.384 e. The predicted octanol–water partition coefficient (Wildman–Crippen LogP) is 0.208. The molecule has 5 heteroatoms. The molecule has 0 bridgehead atoms. The van der Waals surface area contributed by atoms with Crippen LogP contribution in [0.5, 0.6) is 5.88 Å². The van der Waals surface area contributed by atoms with E-state index in [1.165, 1.54) is 20.3 Å². The number of ether oxygens (including phenoxy) is 2. The third kappa shape index (κ3) is 2.52. The summed E-state index contributed by atoms with van der Waals surface area (Å²) in [6.07, 6.45) is 0. The number of hydrogen-bond donors (Lipinski definition) is 0. The summed E-state index contributed by atoms with van der Waals surface area (Å²) in [4.78, 5) is 10.6. The van der Waals surface area contributed by atoms with Crippen LogP contribution in [0, 0.1) is 11.8 Å². The van der Waals surface area contributed by atoms with E-state index in [4.69, 9.17) is 9.26 Å². The van der Waals surface area contributed by atoms with Crippen molar-refractivity contribution in [1.82, 2.24) is 5.16 Å². The maximum Gasteiger partial charge on any atom is 0.384 e. The van der Waals surface area contributed by atoms with Gasteiger partial charge in [0, 0.05) is 5.92 Å². The molecule has 0 saturated carbocycles. The Kier molecular flexibility index (Phi) is 2.92. The van der Waals surface area contributed by atoms with Gasteiger partial charge in [0.05, 0.1) is 20.3 Å². The zero-order valence-electron chi connectivity index (χ0n) is 7.16. The van der Waals surface area contributed by atoms with Gasteiger partial charge < -0.3 is 14.0 Å². The fraction of sp³-hybridized carbons (Fsp3) is 0.250. The van der Waals surface area contributed by atoms with Crippen LogP contribution >= 0.6 is 0 Å². The SMILES string of the molecule is COC(=O)C#Cc1cc(OC)no1. The van der Waals surface area contributed by atoms with E-state index in [9.17, 15) is 4.79 Å². The van der Waals surface area contributed by atoms with Crippen molar-refractivity contribution in [3.05, 3.63) is 11.8 Å². The number of hydrogen-bond acceptors (Lipinski definition) is 5. The lowest BCUT2D eigenvalue weighted by Crippen LogP contribution is -1.94. The van der Waals surface area contributed by atoms with E-state index < -0.39 is 5.97 Å². The molecule has 0 saturated heterocycles. The van der Waals surface area contributed by atoms with Crippen LogP contribution in [-0.4, -0.2) is 25.3 Å². The van der Waals surface area contributed by atoms with Crippen molar-refractivity contribution in [1.29, 1.82) is 0 Å². The molecule has 1 heterocycles. The number of aromatic nitrogens is 1. The highest BCUT2D eigenvalue weighted by Gasteiger charge is 2.00. The average molecular weight is 181 g/mol. The van der Waals surface area contributed by atoms with Crippen molar-refractivity contribution >= 4 is 5.97 Å². The average Bonchev–Trinajstić information content (AvgIpc) is 2.61. The first-order valence-electron chi connectivity index (χ1n) is 3.37. The van der Waals surface area contributed by atoms with Crippen LogP contribution in [0.3, 0.4) is 0 Å². The molecule has 0 N–H and O–H groups in total. The highest BCUT2D eigenvalue weighted by molar-refractivity contribution is 5.88. The van der Waals surface area contributed by atoms with Gasteiger partial charge in [-0.1, -0.05) is 0 Å². The second-order valence-corrected chi connectivity index (χ2v) is 1.98. The van der Waals surface area contributed by atoms with E-state index >= 15 is 0 Å². The van der Waals surface area contributed by atoms with Crippen molar-refractivity contribution in [2.45, 2.75) is 0 Å². The summed E-state index contributed by atoms with van der Waals surface area (Å²) in [5.74, 6) is 4.54. The van der Waals surface area contributed by atoms with E-state index in [1.54, 1.807) is 0 Å². The van der Waals surface area contributed by atoms with Crippen LogP contribution in [0.4, 0.5) is 0 Å². The summed E-state index contributed by atoms with van der Waals surface area (Å²) in [5, 5.41) is 3.49. The number of esters is 1. The van der Waals surface area contributed by atoms with Gasteiger partial charge >= 0.3 is 5.97 Å². The topological polar surface area (TPSA) is 61.6 Å². The lowest BCUT2D eigenvalue weighted by Gasteiger charge is -1.83. The highest BCUT2D eigenvalue weighted by atomic mass is 16.5. The fourth-order valence-electron chi connectivity index (χ4n) is 0.578. The van der Waals surface area contributed by atoms with E-state index in [0.29, 0.717) is 5.88 Å². The molecule has 0 fully saturated rings. The third-order valence-corrected chi connectivity index (χ3v) is 1.17. The van der Waals surface area contributed by atoms with Gasteiger partial charge in [0.15, 0.2) is 0 Å². The Labute approximate surface area is 74.6 Å². The Morgan fingerprint density at radius 3 is 2.92 bits per heavy atom. The molecule has 68 valence electrons. The molecule has 1 aromatic rings. The first-order chi connectivity index (χ1) is 6.26. The van der Waals surface area contributed by atoms with Gasteiger partial charge in [0.1, 0.15) is 0 Å². The highest BCUT2D eigenvalue weighted by Crippen LogP contribution is 2.08. The normalized spacial score (nSPS) is 8.46. The summed E-state index contributed by atoms with van der Waals surface area (Å²) in [7, 11) is 2.70. The van der Waals surface area contributed by atoms with Crippen molar-refractivity contribution in [3.63, 3.8) is 0 Å². The molecule has 0 aliphatic carbocycles. The number of rotatable bonds is 1. The van der Waals surface area contributed by atoms with E-state index in [-0.39, 0.29) is 5.76 Å². The lowest BCUT2D eigenvalue weighted by molar-refractivity contribution is -0.133. The molecule has 0 amide bonds. The zero-order valence-corrected chi connectivity index (χ0v) is 7.16. The molecule has 0 spiro atoms. The maximum atomic E-state index is 10.6. The summed E-state index contributed by atoms with van der Waals surface area (Å²) in [6.45, 7) is 0. The Morgan fingerprint density at radius 2 is 2.38 bits per heavy atom. The van der Waals surface area contributed by atoms with Crippen molar-refractivity contribution in [2.75, 3.05) is 14.2 Å². The molecule has 1 rings (SSSR count). The molecule has 0 aliphatic rings. The van der Waals surface area contributed by atoms with Gasteiger partial charge in [-0.3, -0.25) is 0 Å². The quantitative estimate of drug-likeness (QED) is 0.457. The predicted molar refractivity (Wildman–Crippen MR) is 41.9 cm³/mol. The van der Waals surface area contributed by atoms with Gasteiger partial charge in [-0.25, -0.2) is 4.79 Å². The summed E-state index contributed by atoms with van der Waals surface area (Å²) in [5.41, 5.74) is 0. The number of nitrogens with zero attached hydrogens (tertiary/aromatic N) is 1. The summed E-state index contributed by atoms with van der Waals surface area (Å²) >= 11 is 0. The van der Waals surface area contributed by atoms with Gasteiger partial charge in [0.2, 0.25) is 5.76 Å². The van der Waals surface area contributed by atoms with Crippen molar-refractivity contribution in [3.8, 4) is 17.7 Å². The Morgan fingerprint density at radius 1 is 1.62 bits per heavy atom. The van der Waals surface area contributed by atoms with E-state index in [1.807, 2.05) is 0 Å². The van der Waals surface area contributed by atoms with Crippen LogP contribution < -0.4 is 4.74 Å². The molecular weight excluding hydrogens is 174 g/mol. The number of carbonyl (C=O) groups excluding carboxylic acids is 1. The molecule has 0 aromatic carbocycles. The largest absolute Gasteiger partial charge is 0.479 e. The summed E-state index contributed by atoms with van der Waals surface area (Å²) in [6, 6.07) is 1.47. The molecule has 0 atom stereocenters. The second-order valence-electron chi connectivity index (χ2n) is 1.98. The molecule has 5 nitrogen and oxygen atoms in total. The minimum Gasteiger partial charge on any atom is -0.479 e. The van der Waals surface area contributed by atoms with E-state index in [2.05, 4.69) is 21.7 Å². The monoisotopic (exact) mass is 181 g/mol. The van der Waals surface area contributed by atoms with Crippen LogP contribution in [-0.2, 0) is 9.53 Å². The lowest BCUT2D eigenvalue weighted by atomic mass is 10.4. The van der Waals surface area contributed by atoms with Crippen LogP contribution in [0.1, 0.15) is 5.76 Å². The second kappa shape index (κ2) is 4.16. The minimum absolute atomic E-state index is 0.252. The first kappa shape index (κ1) is 9.13. The Hall–Kier alpha value is -1.96. The minimum atomic E-state index is -0.629. The molecule has 0 unspecified atom stereocenters. The maximum absolute atomic E-state index is 10.6. The third-order valence-electron chi connectivity index (χ3n) is 1.17. The number of methoxy groups -OCH3 is 2. The van der Waals surface area contributed by atoms with Gasteiger partial charge in [-0.15, -0.1) is 0 Å². The van der Waals surface area contributed by atoms with Crippen molar-refractivity contribution in [2.24, 2.45) is 0 Å². The Bertz CT molecular complexity index is 358. The standard InChI is InChI=1S/C8H7NO4/c1-11-7-5-6(13-9-7)3-4-8(10)12-2/h5H,1-2H3. The molecule has 1 aromatic heterocycles. The fourth-order valence-corrected chi connectivity index (χ4v) is 0.578. The van der Waals surface area contributed by atoms with Gasteiger partial charge in [-0.2, -0.15) is 0 Å². The summed E-state index contributed by atoms with van der Waals surface area (Å²) < 4.78 is 13.7. The Balaban J connectivity index is 2.72. The molecular formula is C8H7NO4. The van der Waals surface area contributed by atoms with Crippen LogP contribution in [0.15, 0.2) is 10.6 Å². The first-order valence-corrected chi connectivity index (χ1v) is 3.37. The van der Waals surface area contributed by atoms with Crippen LogP contribution in [0.25, 0.3) is 0 Å². The van der Waals surface area contributed by atoms with Crippen molar-refractivity contribution < 1.29 is 18.8 Å². The van der Waals surface area contributed by atoms with Gasteiger partial charge in [-0.05, 0) is 11.1 Å².